The van der Waals surface area contributed by atoms with E-state index in [2.05, 4.69) is 24.7 Å². The number of hydrogen-bond donors (Lipinski definition) is 2. The second-order valence-electron chi connectivity index (χ2n) is 8.11. The van der Waals surface area contributed by atoms with Crippen molar-refractivity contribution in [2.45, 2.75) is 50.9 Å². The van der Waals surface area contributed by atoms with Gasteiger partial charge < -0.3 is 14.4 Å². The molecule has 0 spiro atoms. The zero-order chi connectivity index (χ0) is 21.9. The average molecular weight is 436 g/mol. The van der Waals surface area contributed by atoms with Crippen LogP contribution in [-0.4, -0.2) is 53.0 Å². The second kappa shape index (κ2) is 9.16. The Hall–Kier alpha value is -2.42. The largest absolute Gasteiger partial charge is 0.493 e. The molecule has 2 aliphatic heterocycles. The first-order valence-corrected chi connectivity index (χ1v) is 11.1. The highest BCUT2D eigenvalue weighted by atomic mass is 32.2. The Bertz CT molecular complexity index is 831. The van der Waals surface area contributed by atoms with Crippen molar-refractivity contribution in [2.75, 3.05) is 19.5 Å². The Kier molecular flexibility index (Phi) is 6.80. The highest BCUT2D eigenvalue weighted by molar-refractivity contribution is 8.01. The van der Waals surface area contributed by atoms with Crippen LogP contribution in [0.3, 0.4) is 0 Å². The van der Waals surface area contributed by atoms with E-state index < -0.39 is 17.9 Å². The molecule has 1 aromatic rings. The summed E-state index contributed by atoms with van der Waals surface area (Å²) in [6.07, 6.45) is 2.10. The molecule has 2 atom stereocenters. The van der Waals surface area contributed by atoms with Crippen molar-refractivity contribution in [3.8, 4) is 11.5 Å². The molecule has 0 bridgehead atoms. The van der Waals surface area contributed by atoms with E-state index >= 15 is 0 Å². The topological polar surface area (TPSA) is 97.0 Å². The molecule has 9 heteroatoms. The maximum absolute atomic E-state index is 12.6. The van der Waals surface area contributed by atoms with Crippen molar-refractivity contribution in [1.29, 1.82) is 0 Å². The molecular weight excluding hydrogens is 406 g/mol. The van der Waals surface area contributed by atoms with Gasteiger partial charge in [-0.3, -0.25) is 25.2 Å². The lowest BCUT2D eigenvalue weighted by Crippen LogP contribution is -2.54. The highest BCUT2D eigenvalue weighted by Crippen LogP contribution is 2.47. The quantitative estimate of drug-likeness (QED) is 0.638. The number of rotatable bonds is 7. The minimum Gasteiger partial charge on any atom is -0.493 e. The van der Waals surface area contributed by atoms with Gasteiger partial charge in [0.25, 0.3) is 11.8 Å². The zero-order valence-corrected chi connectivity index (χ0v) is 18.6. The van der Waals surface area contributed by atoms with Crippen LogP contribution in [0.25, 0.3) is 0 Å². The van der Waals surface area contributed by atoms with Gasteiger partial charge in [-0.2, -0.15) is 0 Å². The number of nitrogens with one attached hydrogen (secondary N) is 2. The summed E-state index contributed by atoms with van der Waals surface area (Å²) in [5.41, 5.74) is 5.21. The predicted molar refractivity (Wildman–Crippen MR) is 114 cm³/mol. The number of thioether (sulfide) groups is 1. The normalized spacial score (nSPS) is 22.8. The summed E-state index contributed by atoms with van der Waals surface area (Å²) < 4.78 is 11.1. The molecule has 164 valence electrons. The third-order valence-corrected chi connectivity index (χ3v) is 6.93. The number of fused-ring (bicyclic) bond motifs is 1. The number of benzene rings is 1. The number of methoxy groups -OCH3 is 1. The van der Waals surface area contributed by atoms with Crippen molar-refractivity contribution in [2.24, 2.45) is 5.92 Å². The smallest absolute Gasteiger partial charge is 0.269 e. The van der Waals surface area contributed by atoms with Crippen LogP contribution in [0, 0.1) is 5.92 Å². The molecule has 0 radical (unpaired) electrons. The molecule has 2 aliphatic rings. The molecule has 30 heavy (non-hydrogen) atoms. The van der Waals surface area contributed by atoms with E-state index in [9.17, 15) is 14.4 Å². The molecule has 0 saturated carbocycles. The van der Waals surface area contributed by atoms with E-state index in [-0.39, 0.29) is 10.8 Å². The summed E-state index contributed by atoms with van der Waals surface area (Å²) in [4.78, 5) is 38.6. The highest BCUT2D eigenvalue weighted by Gasteiger charge is 2.52. The van der Waals surface area contributed by atoms with Gasteiger partial charge in [0.1, 0.15) is 6.04 Å². The number of carbonyl (C=O) groups is 3. The lowest BCUT2D eigenvalue weighted by atomic mass is 10.1. The van der Waals surface area contributed by atoms with Crippen molar-refractivity contribution < 1.29 is 23.9 Å². The van der Waals surface area contributed by atoms with Gasteiger partial charge >= 0.3 is 0 Å². The van der Waals surface area contributed by atoms with Crippen molar-refractivity contribution in [1.82, 2.24) is 15.8 Å². The van der Waals surface area contributed by atoms with Crippen molar-refractivity contribution in [3.05, 3.63) is 23.8 Å². The second-order valence-corrected chi connectivity index (χ2v) is 9.61. The summed E-state index contributed by atoms with van der Waals surface area (Å²) in [6.45, 7) is 6.77. The van der Waals surface area contributed by atoms with Crippen LogP contribution in [0.15, 0.2) is 18.2 Å². The first-order chi connectivity index (χ1) is 14.2. The molecule has 0 aromatic heterocycles. The molecule has 2 heterocycles. The van der Waals surface area contributed by atoms with E-state index in [1.807, 2.05) is 6.92 Å². The van der Waals surface area contributed by atoms with Crippen LogP contribution in [0.5, 0.6) is 11.5 Å². The Morgan fingerprint density at radius 3 is 2.77 bits per heavy atom. The minimum absolute atomic E-state index is 0.0215. The number of amides is 3. The Balaban J connectivity index is 1.58. The standard InChI is InChI=1S/C21H29N3O5S/c1-13(2)8-10-29-16-6-5-14(11-17(16)28-4)19(26)22-23-20(27)15-12-30-21(3)9-7-18(25)24(15)21/h5-6,11,13,15H,7-10,12H2,1-4H3,(H,22,26)(H,23,27)/t15-,21+/m1/s1. The lowest BCUT2D eigenvalue weighted by Gasteiger charge is -2.29. The third-order valence-electron chi connectivity index (χ3n) is 5.43. The number of carbonyl (C=O) groups excluding carboxylic acids is 3. The Morgan fingerprint density at radius 1 is 1.30 bits per heavy atom. The van der Waals surface area contributed by atoms with E-state index in [1.165, 1.54) is 7.11 Å². The zero-order valence-electron chi connectivity index (χ0n) is 17.8. The van der Waals surface area contributed by atoms with Crippen LogP contribution in [0.4, 0.5) is 0 Å². The number of hydrogen-bond acceptors (Lipinski definition) is 6. The molecule has 2 fully saturated rings. The van der Waals surface area contributed by atoms with Gasteiger partial charge in [-0.05, 0) is 43.9 Å². The molecule has 8 nitrogen and oxygen atoms in total. The molecule has 2 N–H and O–H groups in total. The monoisotopic (exact) mass is 435 g/mol. The van der Waals surface area contributed by atoms with Gasteiger partial charge in [0.2, 0.25) is 5.91 Å². The molecule has 0 unspecified atom stereocenters. The molecular formula is C21H29N3O5S. The molecule has 3 rings (SSSR count). The van der Waals surface area contributed by atoms with Crippen LogP contribution >= 0.6 is 11.8 Å². The van der Waals surface area contributed by atoms with Gasteiger partial charge in [0.05, 0.1) is 18.6 Å². The average Bonchev–Trinajstić information content (AvgIpc) is 3.21. The summed E-state index contributed by atoms with van der Waals surface area (Å²) in [6, 6.07) is 4.28. The van der Waals surface area contributed by atoms with Crippen LogP contribution in [0.1, 0.15) is 50.4 Å². The van der Waals surface area contributed by atoms with E-state index in [0.717, 1.165) is 12.8 Å². The molecule has 1 aromatic carbocycles. The first kappa shape index (κ1) is 22.3. The maximum Gasteiger partial charge on any atom is 0.269 e. The summed E-state index contributed by atoms with van der Waals surface area (Å²) in [5, 5.41) is 0. The molecule has 0 aliphatic carbocycles. The van der Waals surface area contributed by atoms with Gasteiger partial charge in [-0.1, -0.05) is 13.8 Å². The minimum atomic E-state index is -0.582. The fraction of sp³-hybridized carbons (Fsp3) is 0.571. The van der Waals surface area contributed by atoms with Crippen molar-refractivity contribution in [3.63, 3.8) is 0 Å². The third kappa shape index (κ3) is 4.66. The fourth-order valence-corrected chi connectivity index (χ4v) is 5.05. The lowest BCUT2D eigenvalue weighted by molar-refractivity contribution is -0.138. The summed E-state index contributed by atoms with van der Waals surface area (Å²) in [5.74, 6) is 1.16. The fourth-order valence-electron chi connectivity index (χ4n) is 3.62. The van der Waals surface area contributed by atoms with Crippen molar-refractivity contribution >= 4 is 29.5 Å². The number of ether oxygens (including phenoxy) is 2. The van der Waals surface area contributed by atoms with Gasteiger partial charge in [-0.15, -0.1) is 11.8 Å². The van der Waals surface area contributed by atoms with E-state index in [1.54, 1.807) is 34.9 Å². The summed E-state index contributed by atoms with van der Waals surface area (Å²) >= 11 is 1.60. The number of hydrazine groups is 1. The van der Waals surface area contributed by atoms with Gasteiger partial charge in [-0.25, -0.2) is 0 Å². The Morgan fingerprint density at radius 2 is 2.07 bits per heavy atom. The molecule has 3 amide bonds. The van der Waals surface area contributed by atoms with E-state index in [4.69, 9.17) is 9.47 Å². The number of nitrogens with zero attached hydrogens (tertiary/aromatic N) is 1. The first-order valence-electron chi connectivity index (χ1n) is 10.1. The van der Waals surface area contributed by atoms with E-state index in [0.29, 0.717) is 41.8 Å². The molecule has 2 saturated heterocycles. The maximum atomic E-state index is 12.6. The van der Waals surface area contributed by atoms with Crippen LogP contribution < -0.4 is 20.3 Å². The van der Waals surface area contributed by atoms with Gasteiger partial charge in [0, 0.05) is 17.7 Å². The summed E-state index contributed by atoms with van der Waals surface area (Å²) in [7, 11) is 1.51. The van der Waals surface area contributed by atoms with Crippen LogP contribution in [-0.2, 0) is 9.59 Å². The Labute approximate surface area is 181 Å². The predicted octanol–water partition coefficient (Wildman–Crippen LogP) is 2.34. The van der Waals surface area contributed by atoms with Crippen LogP contribution in [0.2, 0.25) is 0 Å². The van der Waals surface area contributed by atoms with Gasteiger partial charge in [0.15, 0.2) is 11.5 Å². The SMILES string of the molecule is COc1cc(C(=O)NNC(=O)[C@H]2CS[C@@]3(C)CCC(=O)N23)ccc1OCCC(C)C.